The second-order valence-electron chi connectivity index (χ2n) is 2.73. The number of alkyl halides is 1. The Hall–Kier alpha value is -1.59. The number of rotatable bonds is 5. The lowest BCUT2D eigenvalue weighted by atomic mass is 10.5. The molecule has 0 spiro atoms. The Kier molecular flexibility index (Phi) is 3.90. The maximum absolute atomic E-state index is 11.6. The average Bonchev–Trinajstić information content (AvgIpc) is 2.52. The number of nitrogen functional groups attached to an aromatic ring is 1. The number of ether oxygens (including phenoxy) is 1. The van der Waals surface area contributed by atoms with E-state index < -0.39 is 12.6 Å². The second-order valence-corrected chi connectivity index (χ2v) is 2.73. The van der Waals surface area contributed by atoms with Gasteiger partial charge in [0.05, 0.1) is 25.2 Å². The number of nitrogens with zero attached hydrogens (tertiary/aromatic N) is 2. The third-order valence-corrected chi connectivity index (χ3v) is 1.49. The van der Waals surface area contributed by atoms with Crippen LogP contribution in [0.3, 0.4) is 0 Å². The van der Waals surface area contributed by atoms with E-state index in [1.54, 1.807) is 0 Å². The van der Waals surface area contributed by atoms with Crippen molar-refractivity contribution in [3.63, 3.8) is 0 Å². The molecule has 2 N–H and O–H groups in total. The van der Waals surface area contributed by atoms with Gasteiger partial charge in [0.25, 0.3) is 0 Å². The van der Waals surface area contributed by atoms with Gasteiger partial charge in [-0.1, -0.05) is 0 Å². The van der Waals surface area contributed by atoms with Gasteiger partial charge in [-0.15, -0.1) is 0 Å². The highest BCUT2D eigenvalue weighted by Crippen LogP contribution is 1.98. The summed E-state index contributed by atoms with van der Waals surface area (Å²) in [7, 11) is 0. The number of hydrogen-bond acceptors (Lipinski definition) is 4. The van der Waals surface area contributed by atoms with Crippen LogP contribution < -0.4 is 5.73 Å². The molecule has 0 aliphatic rings. The van der Waals surface area contributed by atoms with Gasteiger partial charge >= 0.3 is 5.97 Å². The highest BCUT2D eigenvalue weighted by Gasteiger charge is 2.04. The highest BCUT2D eigenvalue weighted by atomic mass is 19.1. The lowest BCUT2D eigenvalue weighted by Gasteiger charge is -2.02. The minimum Gasteiger partial charge on any atom is -0.464 e. The zero-order chi connectivity index (χ0) is 10.4. The first-order chi connectivity index (χ1) is 6.72. The van der Waals surface area contributed by atoms with Crippen LogP contribution in [0, 0.1) is 0 Å². The van der Waals surface area contributed by atoms with Crippen molar-refractivity contribution in [3.8, 4) is 0 Å². The van der Waals surface area contributed by atoms with Gasteiger partial charge in [-0.05, 0) is 0 Å². The number of esters is 1. The quantitative estimate of drug-likeness (QED) is 0.552. The van der Waals surface area contributed by atoms with E-state index in [2.05, 4.69) is 5.10 Å². The first kappa shape index (κ1) is 10.5. The van der Waals surface area contributed by atoms with Crippen molar-refractivity contribution in [3.05, 3.63) is 12.4 Å². The van der Waals surface area contributed by atoms with Gasteiger partial charge in [-0.3, -0.25) is 13.9 Å². The van der Waals surface area contributed by atoms with Crippen LogP contribution in [0.1, 0.15) is 6.42 Å². The Morgan fingerprint density at radius 1 is 1.71 bits per heavy atom. The molecule has 5 nitrogen and oxygen atoms in total. The molecule has 1 aromatic heterocycles. The first-order valence-corrected chi connectivity index (χ1v) is 4.22. The molecule has 0 bridgehead atoms. The van der Waals surface area contributed by atoms with E-state index in [-0.39, 0.29) is 19.6 Å². The van der Waals surface area contributed by atoms with Crippen LogP contribution in [0.15, 0.2) is 12.4 Å². The van der Waals surface area contributed by atoms with E-state index in [9.17, 15) is 9.18 Å². The molecule has 1 rings (SSSR count). The van der Waals surface area contributed by atoms with E-state index in [0.29, 0.717) is 5.69 Å². The van der Waals surface area contributed by atoms with Gasteiger partial charge in [0.15, 0.2) is 0 Å². The van der Waals surface area contributed by atoms with E-state index in [1.807, 2.05) is 0 Å². The summed E-state index contributed by atoms with van der Waals surface area (Å²) in [6.45, 7) is -0.377. The minimum atomic E-state index is -0.484. The fraction of sp³-hybridized carbons (Fsp3) is 0.500. The van der Waals surface area contributed by atoms with Crippen LogP contribution in [0.4, 0.5) is 10.1 Å². The molecular weight excluding hydrogens is 189 g/mol. The molecule has 0 aromatic carbocycles. The molecule has 0 saturated heterocycles. The molecule has 14 heavy (non-hydrogen) atoms. The molecule has 0 radical (unpaired) electrons. The van der Waals surface area contributed by atoms with Crippen molar-refractivity contribution in [2.24, 2.45) is 0 Å². The molecule has 6 heteroatoms. The number of anilines is 1. The molecule has 1 heterocycles. The van der Waals surface area contributed by atoms with Crippen LogP contribution >= 0.6 is 0 Å². The maximum atomic E-state index is 11.6. The van der Waals surface area contributed by atoms with Crippen molar-refractivity contribution in [2.45, 2.75) is 13.0 Å². The first-order valence-electron chi connectivity index (χ1n) is 4.22. The Morgan fingerprint density at radius 2 is 2.50 bits per heavy atom. The monoisotopic (exact) mass is 201 g/mol. The zero-order valence-corrected chi connectivity index (χ0v) is 7.65. The number of aromatic nitrogens is 2. The fourth-order valence-corrected chi connectivity index (χ4v) is 0.885. The van der Waals surface area contributed by atoms with Crippen molar-refractivity contribution < 1.29 is 13.9 Å². The fourth-order valence-electron chi connectivity index (χ4n) is 0.885. The Labute approximate surface area is 80.6 Å². The molecule has 0 atom stereocenters. The summed E-state index contributed by atoms with van der Waals surface area (Å²) in [4.78, 5) is 11.1. The summed E-state index contributed by atoms with van der Waals surface area (Å²) in [5.41, 5.74) is 5.88. The van der Waals surface area contributed by atoms with Gasteiger partial charge in [0.1, 0.15) is 6.54 Å². The van der Waals surface area contributed by atoms with Crippen molar-refractivity contribution in [1.82, 2.24) is 9.78 Å². The molecule has 1 aromatic rings. The van der Waals surface area contributed by atoms with Crippen LogP contribution in [0.25, 0.3) is 0 Å². The normalized spacial score (nSPS) is 10.1. The highest BCUT2D eigenvalue weighted by molar-refractivity contribution is 5.69. The molecular formula is C8H12FN3O2. The molecule has 0 amide bonds. The molecule has 0 fully saturated rings. The van der Waals surface area contributed by atoms with Crippen LogP contribution in [0.2, 0.25) is 0 Å². The molecule has 78 valence electrons. The molecule has 0 unspecified atom stereocenters. The summed E-state index contributed by atoms with van der Waals surface area (Å²) in [5.74, 6) is -0.443. The maximum Gasteiger partial charge on any atom is 0.327 e. The number of hydrogen-bond donors (Lipinski definition) is 1. The van der Waals surface area contributed by atoms with Crippen molar-refractivity contribution in [1.29, 1.82) is 0 Å². The van der Waals surface area contributed by atoms with Gasteiger partial charge in [0, 0.05) is 12.6 Å². The van der Waals surface area contributed by atoms with E-state index in [1.165, 1.54) is 17.1 Å². The summed E-state index contributed by atoms with van der Waals surface area (Å²) in [6.07, 6.45) is 3.19. The van der Waals surface area contributed by atoms with Crippen LogP contribution in [-0.2, 0) is 16.1 Å². The largest absolute Gasteiger partial charge is 0.464 e. The van der Waals surface area contributed by atoms with E-state index in [4.69, 9.17) is 10.5 Å². The Morgan fingerprint density at radius 3 is 3.07 bits per heavy atom. The van der Waals surface area contributed by atoms with Crippen molar-refractivity contribution in [2.75, 3.05) is 19.0 Å². The lowest BCUT2D eigenvalue weighted by Crippen LogP contribution is -2.14. The average molecular weight is 201 g/mol. The summed E-state index contributed by atoms with van der Waals surface area (Å²) >= 11 is 0. The summed E-state index contributed by atoms with van der Waals surface area (Å²) < 4.78 is 17.7. The number of nitrogens with two attached hydrogens (primary N) is 1. The van der Waals surface area contributed by atoms with Crippen LogP contribution in [0.5, 0.6) is 0 Å². The van der Waals surface area contributed by atoms with Crippen molar-refractivity contribution >= 4 is 11.7 Å². The molecule has 0 saturated carbocycles. The molecule has 0 aliphatic carbocycles. The number of carbonyl (C=O) groups is 1. The standard InChI is InChI=1S/C8H12FN3O2/c9-2-1-3-14-8(13)6-12-5-7(10)4-11-12/h4-5H,1-3,6,10H2. The minimum absolute atomic E-state index is 0.00346. The molecule has 0 aliphatic heterocycles. The smallest absolute Gasteiger partial charge is 0.327 e. The number of halogens is 1. The predicted octanol–water partition coefficient (Wildman–Crippen LogP) is 0.368. The van der Waals surface area contributed by atoms with E-state index in [0.717, 1.165) is 0 Å². The third-order valence-electron chi connectivity index (χ3n) is 1.49. The third kappa shape index (κ3) is 3.42. The van der Waals surface area contributed by atoms with Gasteiger partial charge in [0.2, 0.25) is 0 Å². The van der Waals surface area contributed by atoms with Gasteiger partial charge in [-0.2, -0.15) is 5.10 Å². The topological polar surface area (TPSA) is 70.1 Å². The zero-order valence-electron chi connectivity index (χ0n) is 7.65. The SMILES string of the molecule is Nc1cnn(CC(=O)OCCCF)c1. The van der Waals surface area contributed by atoms with Gasteiger partial charge in [-0.25, -0.2) is 0 Å². The summed E-state index contributed by atoms with van der Waals surface area (Å²) in [6, 6.07) is 0. The Balaban J connectivity index is 2.27. The predicted molar refractivity (Wildman–Crippen MR) is 48.2 cm³/mol. The number of carbonyl (C=O) groups excluding carboxylic acids is 1. The Bertz CT molecular complexity index is 301. The van der Waals surface area contributed by atoms with Crippen LogP contribution in [-0.4, -0.2) is 29.0 Å². The lowest BCUT2D eigenvalue weighted by molar-refractivity contribution is -0.144. The summed E-state index contributed by atoms with van der Waals surface area (Å²) in [5, 5.41) is 3.80. The van der Waals surface area contributed by atoms with E-state index >= 15 is 0 Å². The second kappa shape index (κ2) is 5.21. The van der Waals surface area contributed by atoms with Gasteiger partial charge < -0.3 is 10.5 Å².